The average molecular weight is 244 g/mol. The molecule has 5 heteroatoms. The highest BCUT2D eigenvalue weighted by Gasteiger charge is 1.99. The minimum atomic E-state index is -0.120. The number of aromatic amines is 1. The molecular weight excluding hydrogens is 228 g/mol. The Bertz CT molecular complexity index is 550. The minimum absolute atomic E-state index is 0.120. The van der Waals surface area contributed by atoms with Gasteiger partial charge in [0.2, 0.25) is 0 Å². The second-order valence-corrected chi connectivity index (χ2v) is 3.97. The third-order valence-electron chi connectivity index (χ3n) is 2.57. The molecule has 0 radical (unpaired) electrons. The van der Waals surface area contributed by atoms with E-state index in [-0.39, 0.29) is 5.56 Å². The molecule has 0 amide bonds. The molecule has 5 nitrogen and oxygen atoms in total. The van der Waals surface area contributed by atoms with Gasteiger partial charge in [-0.25, -0.2) is 4.98 Å². The maximum atomic E-state index is 11.4. The zero-order valence-electron chi connectivity index (χ0n) is 10.3. The maximum Gasteiger partial charge on any atom is 0.252 e. The number of H-pyrrole nitrogens is 1. The van der Waals surface area contributed by atoms with Crippen molar-refractivity contribution in [3.8, 4) is 0 Å². The highest BCUT2D eigenvalue weighted by molar-refractivity contribution is 5.33. The third-order valence-corrected chi connectivity index (χ3v) is 2.57. The molecule has 0 aromatic carbocycles. The number of aryl methyl sites for hydroxylation is 1. The summed E-state index contributed by atoms with van der Waals surface area (Å²) in [4.78, 5) is 22.4. The number of rotatable bonds is 5. The highest BCUT2D eigenvalue weighted by Crippen LogP contribution is 2.01. The van der Waals surface area contributed by atoms with Crippen molar-refractivity contribution in [2.75, 3.05) is 11.9 Å². The van der Waals surface area contributed by atoms with Crippen LogP contribution in [0.4, 0.5) is 5.82 Å². The van der Waals surface area contributed by atoms with Crippen LogP contribution in [0, 0.1) is 0 Å². The van der Waals surface area contributed by atoms with Gasteiger partial charge in [0.25, 0.3) is 5.56 Å². The lowest BCUT2D eigenvalue weighted by molar-refractivity contribution is 0.908. The van der Waals surface area contributed by atoms with E-state index in [0.29, 0.717) is 18.1 Å². The molecule has 2 aromatic heterocycles. The van der Waals surface area contributed by atoms with Crippen LogP contribution in [0.1, 0.15) is 18.3 Å². The summed E-state index contributed by atoms with van der Waals surface area (Å²) in [6.45, 7) is 2.68. The number of hydrogen-bond acceptors (Lipinski definition) is 4. The lowest BCUT2D eigenvalue weighted by atomic mass is 10.2. The molecule has 0 bridgehead atoms. The zero-order chi connectivity index (χ0) is 12.8. The van der Waals surface area contributed by atoms with Crippen molar-refractivity contribution in [3.05, 3.63) is 52.3 Å². The summed E-state index contributed by atoms with van der Waals surface area (Å²) in [7, 11) is 0. The van der Waals surface area contributed by atoms with Crippen molar-refractivity contribution in [1.29, 1.82) is 0 Å². The van der Waals surface area contributed by atoms with Crippen molar-refractivity contribution in [2.24, 2.45) is 0 Å². The van der Waals surface area contributed by atoms with Gasteiger partial charge < -0.3 is 10.3 Å². The number of pyridine rings is 1. The summed E-state index contributed by atoms with van der Waals surface area (Å²) in [5.41, 5.74) is 1.04. The van der Waals surface area contributed by atoms with E-state index in [0.717, 1.165) is 18.5 Å². The molecule has 2 heterocycles. The van der Waals surface area contributed by atoms with E-state index in [1.165, 1.54) is 6.07 Å². The average Bonchev–Trinajstić information content (AvgIpc) is 2.39. The summed E-state index contributed by atoms with van der Waals surface area (Å²) < 4.78 is 0. The highest BCUT2D eigenvalue weighted by atomic mass is 16.1. The van der Waals surface area contributed by atoms with Crippen molar-refractivity contribution in [1.82, 2.24) is 15.0 Å². The van der Waals surface area contributed by atoms with Gasteiger partial charge in [-0.05, 0) is 18.1 Å². The van der Waals surface area contributed by atoms with Crippen molar-refractivity contribution >= 4 is 5.82 Å². The Hall–Kier alpha value is -2.17. The fourth-order valence-corrected chi connectivity index (χ4v) is 1.65. The molecule has 0 spiro atoms. The first-order valence-electron chi connectivity index (χ1n) is 6.01. The quantitative estimate of drug-likeness (QED) is 0.833. The van der Waals surface area contributed by atoms with E-state index >= 15 is 0 Å². The number of nitrogens with zero attached hydrogens (tertiary/aromatic N) is 2. The number of aromatic nitrogens is 3. The molecule has 0 saturated carbocycles. The maximum absolute atomic E-state index is 11.4. The number of anilines is 1. The lowest BCUT2D eigenvalue weighted by Gasteiger charge is -2.06. The van der Waals surface area contributed by atoms with Gasteiger partial charge in [-0.1, -0.05) is 13.0 Å². The van der Waals surface area contributed by atoms with E-state index in [1.54, 1.807) is 6.20 Å². The summed E-state index contributed by atoms with van der Waals surface area (Å²) in [5.74, 6) is 1.32. The molecule has 0 aliphatic heterocycles. The molecule has 94 valence electrons. The molecule has 18 heavy (non-hydrogen) atoms. The van der Waals surface area contributed by atoms with Gasteiger partial charge in [0.15, 0.2) is 0 Å². The molecule has 0 fully saturated rings. The van der Waals surface area contributed by atoms with Crippen LogP contribution in [-0.4, -0.2) is 21.5 Å². The molecule has 0 saturated heterocycles. The van der Waals surface area contributed by atoms with Crippen LogP contribution in [0.5, 0.6) is 0 Å². The Morgan fingerprint density at radius 3 is 3.06 bits per heavy atom. The molecule has 0 aliphatic carbocycles. The fraction of sp³-hybridized carbons (Fsp3) is 0.308. The van der Waals surface area contributed by atoms with Crippen LogP contribution in [-0.2, 0) is 12.8 Å². The smallest absolute Gasteiger partial charge is 0.252 e. The Morgan fingerprint density at radius 1 is 1.44 bits per heavy atom. The molecule has 2 aromatic rings. The number of hydrogen-bond donors (Lipinski definition) is 2. The molecule has 0 aliphatic rings. The lowest BCUT2D eigenvalue weighted by Crippen LogP contribution is -2.14. The predicted molar refractivity (Wildman–Crippen MR) is 70.7 cm³/mol. The van der Waals surface area contributed by atoms with Gasteiger partial charge in [-0.3, -0.25) is 9.78 Å². The largest absolute Gasteiger partial charge is 0.370 e. The molecule has 2 rings (SSSR count). The molecule has 0 unspecified atom stereocenters. The number of nitrogens with one attached hydrogen (secondary N) is 2. The monoisotopic (exact) mass is 244 g/mol. The van der Waals surface area contributed by atoms with Gasteiger partial charge in [0.05, 0.1) is 0 Å². The van der Waals surface area contributed by atoms with E-state index in [9.17, 15) is 4.79 Å². The summed E-state index contributed by atoms with van der Waals surface area (Å²) in [5, 5.41) is 3.15. The first-order valence-corrected chi connectivity index (χ1v) is 6.01. The Kier molecular flexibility index (Phi) is 4.06. The van der Waals surface area contributed by atoms with Crippen molar-refractivity contribution in [3.63, 3.8) is 0 Å². The summed E-state index contributed by atoms with van der Waals surface area (Å²) in [6.07, 6.45) is 5.16. The van der Waals surface area contributed by atoms with Gasteiger partial charge in [-0.2, -0.15) is 0 Å². The van der Waals surface area contributed by atoms with Crippen molar-refractivity contribution in [2.45, 2.75) is 19.8 Å². The Balaban J connectivity index is 1.94. The molecule has 0 atom stereocenters. The summed E-state index contributed by atoms with van der Waals surface area (Å²) in [6, 6.07) is 5.41. The van der Waals surface area contributed by atoms with Crippen LogP contribution in [0.15, 0.2) is 35.4 Å². The first-order chi connectivity index (χ1) is 8.78. The van der Waals surface area contributed by atoms with E-state index < -0.39 is 0 Å². The fourth-order valence-electron chi connectivity index (χ4n) is 1.65. The van der Waals surface area contributed by atoms with E-state index in [2.05, 4.69) is 20.3 Å². The normalized spacial score (nSPS) is 10.3. The molecular formula is C13H16N4O. The van der Waals surface area contributed by atoms with Gasteiger partial charge in [0, 0.05) is 31.4 Å². The van der Waals surface area contributed by atoms with Crippen LogP contribution in [0.3, 0.4) is 0 Å². The topological polar surface area (TPSA) is 70.7 Å². The molecule has 2 N–H and O–H groups in total. The zero-order valence-corrected chi connectivity index (χ0v) is 10.3. The van der Waals surface area contributed by atoms with Crippen LogP contribution in [0.2, 0.25) is 0 Å². The third kappa shape index (κ3) is 3.41. The SMILES string of the molecule is CCc1nc(NCCc2cccnc2)cc(=O)[nH]1. The van der Waals surface area contributed by atoms with E-state index in [1.807, 2.05) is 25.3 Å². The van der Waals surface area contributed by atoms with Gasteiger partial charge in [0.1, 0.15) is 11.6 Å². The van der Waals surface area contributed by atoms with E-state index in [4.69, 9.17) is 0 Å². The Labute approximate surface area is 105 Å². The van der Waals surface area contributed by atoms with Crippen LogP contribution in [0.25, 0.3) is 0 Å². The second-order valence-electron chi connectivity index (χ2n) is 3.97. The van der Waals surface area contributed by atoms with Gasteiger partial charge in [-0.15, -0.1) is 0 Å². The second kappa shape index (κ2) is 5.95. The van der Waals surface area contributed by atoms with Crippen molar-refractivity contribution < 1.29 is 0 Å². The minimum Gasteiger partial charge on any atom is -0.370 e. The summed E-state index contributed by atoms with van der Waals surface area (Å²) >= 11 is 0. The van der Waals surface area contributed by atoms with Gasteiger partial charge >= 0.3 is 0 Å². The predicted octanol–water partition coefficient (Wildman–Crippen LogP) is 1.38. The first kappa shape index (κ1) is 12.3. The Morgan fingerprint density at radius 2 is 2.33 bits per heavy atom. The van der Waals surface area contributed by atoms with Crippen LogP contribution >= 0.6 is 0 Å². The van der Waals surface area contributed by atoms with Crippen LogP contribution < -0.4 is 10.9 Å². The standard InChI is InChI=1S/C13H16N4O/c1-2-11-16-12(8-13(18)17-11)15-7-5-10-4-3-6-14-9-10/h3-4,6,8-9H,2,5,7H2,1H3,(H2,15,16,17,18).